The van der Waals surface area contributed by atoms with Crippen LogP contribution in [0.3, 0.4) is 0 Å². The number of nitrogens with one attached hydrogen (secondary N) is 1. The first-order chi connectivity index (χ1) is 12.8. The minimum atomic E-state index is -5.02. The molecule has 28 heavy (non-hydrogen) atoms. The van der Waals surface area contributed by atoms with Gasteiger partial charge in [0.2, 0.25) is 10.0 Å². The zero-order valence-electron chi connectivity index (χ0n) is 14.2. The summed E-state index contributed by atoms with van der Waals surface area (Å²) in [7, 11) is -9.51. The van der Waals surface area contributed by atoms with Crippen LogP contribution in [0.5, 0.6) is 0 Å². The summed E-state index contributed by atoms with van der Waals surface area (Å²) >= 11 is 0. The average Bonchev–Trinajstić information content (AvgIpc) is 2.59. The molecule has 0 amide bonds. The van der Waals surface area contributed by atoms with Crippen LogP contribution in [0.2, 0.25) is 0 Å². The molecule has 0 aliphatic carbocycles. The number of aromatic nitrogens is 1. The molecule has 1 aliphatic heterocycles. The van der Waals surface area contributed by atoms with Gasteiger partial charge in [0.05, 0.1) is 10.5 Å². The molecule has 3 rings (SSSR count). The first-order valence-corrected chi connectivity index (χ1v) is 11.2. The van der Waals surface area contributed by atoms with Crippen molar-refractivity contribution in [1.29, 1.82) is 0 Å². The second kappa shape index (κ2) is 6.96. The van der Waals surface area contributed by atoms with E-state index in [9.17, 15) is 40.7 Å². The summed E-state index contributed by atoms with van der Waals surface area (Å²) in [5.74, 6) is 0. The molecular weight excluding hydrogens is 424 g/mol. The van der Waals surface area contributed by atoms with Crippen LogP contribution in [-0.4, -0.2) is 40.6 Å². The van der Waals surface area contributed by atoms with Crippen molar-refractivity contribution >= 4 is 33.8 Å². The Balaban J connectivity index is 2.32. The number of hydrogen-bond acceptors (Lipinski definition) is 4. The van der Waals surface area contributed by atoms with Gasteiger partial charge in [0.1, 0.15) is 5.30 Å². The summed E-state index contributed by atoms with van der Waals surface area (Å²) in [6.45, 7) is 0.161. The van der Waals surface area contributed by atoms with Crippen LogP contribution in [0.15, 0.2) is 27.9 Å². The maximum Gasteiger partial charge on any atom is 0.417 e. The normalized spacial score (nSPS) is 17.2. The van der Waals surface area contributed by atoms with E-state index in [1.807, 2.05) is 4.98 Å². The number of fused-ring (bicyclic) bond motifs is 1. The lowest BCUT2D eigenvalue weighted by atomic mass is 10.1. The van der Waals surface area contributed by atoms with E-state index in [1.165, 1.54) is 0 Å². The number of piperidine rings is 1. The molecule has 1 saturated heterocycles. The van der Waals surface area contributed by atoms with Crippen molar-refractivity contribution in [2.24, 2.45) is 0 Å². The van der Waals surface area contributed by atoms with Crippen LogP contribution < -0.4 is 10.9 Å². The van der Waals surface area contributed by atoms with Crippen LogP contribution in [0.25, 0.3) is 10.9 Å². The van der Waals surface area contributed by atoms with Crippen LogP contribution >= 0.6 is 7.60 Å². The van der Waals surface area contributed by atoms with Crippen LogP contribution in [0.1, 0.15) is 24.8 Å². The van der Waals surface area contributed by atoms with Crippen molar-refractivity contribution in [3.63, 3.8) is 0 Å². The number of alkyl halides is 3. The number of rotatable bonds is 3. The molecule has 0 atom stereocenters. The van der Waals surface area contributed by atoms with Crippen molar-refractivity contribution in [3.05, 3.63) is 34.1 Å². The molecule has 0 unspecified atom stereocenters. The summed E-state index contributed by atoms with van der Waals surface area (Å²) in [5.41, 5.74) is -3.09. The third-order valence-electron chi connectivity index (χ3n) is 4.48. The van der Waals surface area contributed by atoms with E-state index in [0.717, 1.165) is 10.7 Å². The van der Waals surface area contributed by atoms with Crippen molar-refractivity contribution < 1.29 is 35.9 Å². The molecule has 3 N–H and O–H groups in total. The van der Waals surface area contributed by atoms with Gasteiger partial charge in [-0.1, -0.05) is 6.42 Å². The molecule has 1 aromatic heterocycles. The van der Waals surface area contributed by atoms with Gasteiger partial charge in [-0.05, 0) is 31.0 Å². The summed E-state index contributed by atoms with van der Waals surface area (Å²) in [6.07, 6.45) is -3.22. The fraction of sp³-hybridized carbons (Fsp3) is 0.400. The average molecular weight is 440 g/mol. The Kier molecular flexibility index (Phi) is 5.22. The lowest BCUT2D eigenvalue weighted by Crippen LogP contribution is -2.36. The lowest BCUT2D eigenvalue weighted by Gasteiger charge is -2.27. The van der Waals surface area contributed by atoms with Crippen LogP contribution in [0.4, 0.5) is 13.2 Å². The maximum atomic E-state index is 13.5. The minimum Gasteiger partial charge on any atom is -0.321 e. The van der Waals surface area contributed by atoms with E-state index >= 15 is 0 Å². The molecule has 0 spiro atoms. The fourth-order valence-electron chi connectivity index (χ4n) is 3.12. The second-order valence-electron chi connectivity index (χ2n) is 6.43. The van der Waals surface area contributed by atoms with Gasteiger partial charge < -0.3 is 14.8 Å². The Morgan fingerprint density at radius 3 is 2.21 bits per heavy atom. The quantitative estimate of drug-likeness (QED) is 0.621. The number of H-pyrrole nitrogens is 1. The smallest absolute Gasteiger partial charge is 0.321 e. The predicted molar refractivity (Wildman–Crippen MR) is 93.9 cm³/mol. The maximum absolute atomic E-state index is 13.5. The highest BCUT2D eigenvalue weighted by Crippen LogP contribution is 2.38. The highest BCUT2D eigenvalue weighted by Gasteiger charge is 2.40. The molecule has 0 radical (unpaired) electrons. The van der Waals surface area contributed by atoms with E-state index in [4.69, 9.17) is 0 Å². The number of hydrogen-bond donors (Lipinski definition) is 3. The fourth-order valence-corrected chi connectivity index (χ4v) is 5.49. The Morgan fingerprint density at radius 1 is 1.07 bits per heavy atom. The van der Waals surface area contributed by atoms with E-state index in [0.29, 0.717) is 31.0 Å². The monoisotopic (exact) mass is 440 g/mol. The number of pyridine rings is 1. The zero-order chi connectivity index (χ0) is 20.9. The number of halogens is 3. The predicted octanol–water partition coefficient (Wildman–Crippen LogP) is 1.52. The second-order valence-corrected chi connectivity index (χ2v) is 9.90. The standard InChI is InChI=1S/C15H16F3N2O6PS/c16-15(17,18)10-8-11-9(6-12(14(21)19-11)27(22,23)24)7-13(10)28(25,26)20-4-2-1-3-5-20/h6-8H,1-5H2,(H,19,21)(H2,22,23,24). The summed E-state index contributed by atoms with van der Waals surface area (Å²) in [6, 6.07) is 1.87. The van der Waals surface area contributed by atoms with Crippen molar-refractivity contribution in [1.82, 2.24) is 9.29 Å². The van der Waals surface area contributed by atoms with Crippen molar-refractivity contribution in [3.8, 4) is 0 Å². The molecule has 0 bridgehead atoms. The van der Waals surface area contributed by atoms with Gasteiger partial charge in [0.25, 0.3) is 5.56 Å². The van der Waals surface area contributed by atoms with Gasteiger partial charge in [-0.2, -0.15) is 17.5 Å². The lowest BCUT2D eigenvalue weighted by molar-refractivity contribution is -0.139. The molecule has 8 nitrogen and oxygen atoms in total. The molecule has 1 aromatic carbocycles. The molecule has 2 aromatic rings. The molecule has 1 aliphatic rings. The first kappa shape index (κ1) is 21.0. The Bertz CT molecular complexity index is 1130. The molecule has 154 valence electrons. The van der Waals surface area contributed by atoms with E-state index in [-0.39, 0.29) is 24.0 Å². The molecule has 1 fully saturated rings. The van der Waals surface area contributed by atoms with E-state index in [1.54, 1.807) is 0 Å². The van der Waals surface area contributed by atoms with Crippen LogP contribution in [0, 0.1) is 0 Å². The minimum absolute atomic E-state index is 0.0804. The van der Waals surface area contributed by atoms with Gasteiger partial charge >= 0.3 is 13.8 Å². The Morgan fingerprint density at radius 2 is 1.68 bits per heavy atom. The number of sulfonamides is 1. The summed E-state index contributed by atoms with van der Waals surface area (Å²) in [4.78, 5) is 31.2. The third kappa shape index (κ3) is 3.87. The Hall–Kier alpha value is -1.72. The highest BCUT2D eigenvalue weighted by atomic mass is 32.2. The van der Waals surface area contributed by atoms with Gasteiger partial charge in [-0.15, -0.1) is 0 Å². The van der Waals surface area contributed by atoms with Gasteiger partial charge in [-0.25, -0.2) is 8.42 Å². The molecule has 2 heterocycles. The Labute approximate surface area is 157 Å². The molecule has 0 saturated carbocycles. The highest BCUT2D eigenvalue weighted by molar-refractivity contribution is 7.89. The first-order valence-electron chi connectivity index (χ1n) is 8.16. The number of nitrogens with zero attached hydrogens (tertiary/aromatic N) is 1. The number of benzene rings is 1. The summed E-state index contributed by atoms with van der Waals surface area (Å²) in [5, 5.41) is -1.19. The third-order valence-corrected chi connectivity index (χ3v) is 7.38. The van der Waals surface area contributed by atoms with Crippen LogP contribution in [-0.2, 0) is 20.8 Å². The van der Waals surface area contributed by atoms with Crippen molar-refractivity contribution in [2.45, 2.75) is 30.3 Å². The van der Waals surface area contributed by atoms with Gasteiger partial charge in [-0.3, -0.25) is 9.36 Å². The summed E-state index contributed by atoms with van der Waals surface area (Å²) < 4.78 is 78.7. The topological polar surface area (TPSA) is 128 Å². The van der Waals surface area contributed by atoms with Gasteiger partial charge in [0.15, 0.2) is 0 Å². The number of aromatic amines is 1. The van der Waals surface area contributed by atoms with E-state index < -0.39 is 45.1 Å². The largest absolute Gasteiger partial charge is 0.417 e. The zero-order valence-corrected chi connectivity index (χ0v) is 15.9. The SMILES string of the molecule is O=c1[nH]c2cc(C(F)(F)F)c(S(=O)(=O)N3CCCCC3)cc2cc1P(=O)(O)O. The van der Waals surface area contributed by atoms with Gasteiger partial charge in [0, 0.05) is 24.0 Å². The molecule has 13 heteroatoms. The van der Waals surface area contributed by atoms with E-state index in [2.05, 4.69) is 0 Å². The molecular formula is C15H16F3N2O6PS. The van der Waals surface area contributed by atoms with Crippen molar-refractivity contribution in [2.75, 3.05) is 13.1 Å².